The topological polar surface area (TPSA) is 52.7 Å². The van der Waals surface area contributed by atoms with Crippen molar-refractivity contribution < 1.29 is 18.0 Å². The van der Waals surface area contributed by atoms with Gasteiger partial charge in [-0.2, -0.15) is 13.2 Å². The largest absolute Gasteiger partial charge is 0.406 e. The fourth-order valence-corrected chi connectivity index (χ4v) is 4.16. The van der Waals surface area contributed by atoms with E-state index < -0.39 is 12.7 Å². The maximum Gasteiger partial charge on any atom is 0.406 e. The highest BCUT2D eigenvalue weighted by atomic mass is 32.2. The molecule has 1 aliphatic rings. The third kappa shape index (κ3) is 4.45. The Labute approximate surface area is 176 Å². The Hall–Kier alpha value is -2.55. The Morgan fingerprint density at radius 1 is 1.20 bits per heavy atom. The first kappa shape index (κ1) is 20.7. The van der Waals surface area contributed by atoms with E-state index in [2.05, 4.69) is 10.1 Å². The third-order valence-electron chi connectivity index (χ3n) is 5.10. The number of alkyl halides is 3. The van der Waals surface area contributed by atoms with Gasteiger partial charge in [-0.15, -0.1) is 5.10 Å². The van der Waals surface area contributed by atoms with Gasteiger partial charge < -0.3 is 4.57 Å². The van der Waals surface area contributed by atoms with Crippen LogP contribution in [0.15, 0.2) is 41.6 Å². The van der Waals surface area contributed by atoms with Crippen LogP contribution in [-0.4, -0.2) is 37.0 Å². The molecule has 158 valence electrons. The predicted molar refractivity (Wildman–Crippen MR) is 108 cm³/mol. The Morgan fingerprint density at radius 3 is 2.53 bits per heavy atom. The fraction of sp³-hybridized carbons (Fsp3) is 0.381. The van der Waals surface area contributed by atoms with Crippen LogP contribution < -0.4 is 0 Å². The first-order valence-electron chi connectivity index (χ1n) is 9.65. The van der Waals surface area contributed by atoms with Crippen molar-refractivity contribution in [2.75, 3.05) is 5.75 Å². The molecule has 0 unspecified atom stereocenters. The highest BCUT2D eigenvalue weighted by Gasteiger charge is 2.32. The maximum atomic E-state index is 12.8. The second kappa shape index (κ2) is 7.94. The number of hydrogen-bond acceptors (Lipinski definition) is 4. The molecule has 2 heterocycles. The van der Waals surface area contributed by atoms with Crippen molar-refractivity contribution >= 4 is 17.5 Å². The van der Waals surface area contributed by atoms with Gasteiger partial charge >= 0.3 is 6.18 Å². The summed E-state index contributed by atoms with van der Waals surface area (Å²) in [7, 11) is 0. The number of rotatable bonds is 7. The molecule has 1 saturated carbocycles. The second-order valence-corrected chi connectivity index (χ2v) is 8.41. The molecule has 5 nitrogen and oxygen atoms in total. The number of thioether (sulfide) groups is 1. The molecule has 1 aromatic carbocycles. The van der Waals surface area contributed by atoms with E-state index in [1.165, 1.54) is 17.8 Å². The van der Waals surface area contributed by atoms with Crippen LogP contribution >= 0.6 is 11.8 Å². The quantitative estimate of drug-likeness (QED) is 0.384. The van der Waals surface area contributed by atoms with E-state index in [0.29, 0.717) is 28.0 Å². The lowest BCUT2D eigenvalue weighted by Crippen LogP contribution is -2.19. The normalized spacial score (nSPS) is 14.3. The first-order valence-corrected chi connectivity index (χ1v) is 10.6. The summed E-state index contributed by atoms with van der Waals surface area (Å²) in [5.41, 5.74) is 1.98. The van der Waals surface area contributed by atoms with Crippen LogP contribution in [0.4, 0.5) is 13.2 Å². The summed E-state index contributed by atoms with van der Waals surface area (Å²) in [6, 6.07) is 11.2. The number of hydrogen-bond donors (Lipinski definition) is 0. The van der Waals surface area contributed by atoms with Gasteiger partial charge in [-0.05, 0) is 44.9 Å². The van der Waals surface area contributed by atoms with E-state index in [1.54, 1.807) is 13.8 Å². The molecule has 2 aromatic heterocycles. The predicted octanol–water partition coefficient (Wildman–Crippen LogP) is 5.10. The second-order valence-electron chi connectivity index (χ2n) is 7.47. The standard InChI is InChI=1S/C21H21F3N4OS/c1-13-10-17(14(2)27(13)12-21(22,23)24)18(29)11-30-20-25-19(15-8-9-15)28(26-20)16-6-4-3-5-7-16/h3-7,10,15H,8-9,11-12H2,1-2H3. The molecule has 1 aliphatic carbocycles. The van der Waals surface area contributed by atoms with Gasteiger partial charge in [0.2, 0.25) is 5.16 Å². The molecule has 1 fully saturated rings. The Bertz CT molecular complexity index is 1070. The zero-order valence-electron chi connectivity index (χ0n) is 16.6. The average molecular weight is 434 g/mol. The van der Waals surface area contributed by atoms with E-state index in [-0.39, 0.29) is 11.5 Å². The van der Waals surface area contributed by atoms with Gasteiger partial charge in [-0.25, -0.2) is 9.67 Å². The van der Waals surface area contributed by atoms with Crippen molar-refractivity contribution in [3.63, 3.8) is 0 Å². The number of Topliss-reactive ketones (excluding diaryl/α,β-unsaturated/α-hetero) is 1. The highest BCUT2D eigenvalue weighted by molar-refractivity contribution is 7.99. The number of benzene rings is 1. The molecule has 0 radical (unpaired) electrons. The van der Waals surface area contributed by atoms with Crippen molar-refractivity contribution in [2.45, 2.75) is 50.5 Å². The lowest BCUT2D eigenvalue weighted by molar-refractivity contribution is -0.141. The minimum atomic E-state index is -4.34. The highest BCUT2D eigenvalue weighted by Crippen LogP contribution is 2.40. The van der Waals surface area contributed by atoms with Crippen molar-refractivity contribution in [1.82, 2.24) is 19.3 Å². The number of ketones is 1. The van der Waals surface area contributed by atoms with E-state index in [0.717, 1.165) is 28.9 Å². The summed E-state index contributed by atoms with van der Waals surface area (Å²) in [5.74, 6) is 1.10. The number of halogens is 3. The lowest BCUT2D eigenvalue weighted by Gasteiger charge is -2.12. The van der Waals surface area contributed by atoms with Crippen LogP contribution in [0, 0.1) is 13.8 Å². The molecule has 0 atom stereocenters. The number of carbonyl (C=O) groups is 1. The molecule has 0 aliphatic heterocycles. The van der Waals surface area contributed by atoms with Crippen LogP contribution in [0.2, 0.25) is 0 Å². The van der Waals surface area contributed by atoms with Gasteiger partial charge in [0.1, 0.15) is 12.4 Å². The summed E-state index contributed by atoms with van der Waals surface area (Å²) in [6.45, 7) is 2.02. The molecule has 0 bridgehead atoms. The van der Waals surface area contributed by atoms with Gasteiger partial charge in [0.05, 0.1) is 11.4 Å². The third-order valence-corrected chi connectivity index (χ3v) is 5.94. The van der Waals surface area contributed by atoms with Crippen LogP contribution in [0.1, 0.15) is 46.3 Å². The zero-order valence-corrected chi connectivity index (χ0v) is 17.4. The number of aromatic nitrogens is 4. The Balaban J connectivity index is 1.50. The number of para-hydroxylation sites is 1. The fourth-order valence-electron chi connectivity index (χ4n) is 3.44. The molecule has 30 heavy (non-hydrogen) atoms. The van der Waals surface area contributed by atoms with Gasteiger partial charge in [0.25, 0.3) is 0 Å². The molecule has 3 aromatic rings. The Kier molecular flexibility index (Phi) is 5.48. The summed E-state index contributed by atoms with van der Waals surface area (Å²) in [4.78, 5) is 17.3. The smallest absolute Gasteiger partial charge is 0.339 e. The number of aryl methyl sites for hydroxylation is 1. The van der Waals surface area contributed by atoms with Gasteiger partial charge in [-0.1, -0.05) is 30.0 Å². The summed E-state index contributed by atoms with van der Waals surface area (Å²) >= 11 is 1.21. The summed E-state index contributed by atoms with van der Waals surface area (Å²) in [6.07, 6.45) is -2.20. The lowest BCUT2D eigenvalue weighted by atomic mass is 10.2. The van der Waals surface area contributed by atoms with Crippen LogP contribution in [0.5, 0.6) is 0 Å². The van der Waals surface area contributed by atoms with Crippen LogP contribution in [0.3, 0.4) is 0 Å². The minimum Gasteiger partial charge on any atom is -0.339 e. The summed E-state index contributed by atoms with van der Waals surface area (Å²) in [5, 5.41) is 5.06. The van der Waals surface area contributed by atoms with Gasteiger partial charge in [0, 0.05) is 22.9 Å². The first-order chi connectivity index (χ1) is 14.2. The molecular formula is C21H21F3N4OS. The van der Waals surface area contributed by atoms with Crippen LogP contribution in [-0.2, 0) is 6.54 Å². The zero-order chi connectivity index (χ0) is 21.5. The molecule has 9 heteroatoms. The molecule has 0 saturated heterocycles. The minimum absolute atomic E-state index is 0.0687. The van der Waals surface area contributed by atoms with E-state index in [9.17, 15) is 18.0 Å². The number of carbonyl (C=O) groups excluding carboxylic acids is 1. The van der Waals surface area contributed by atoms with E-state index in [1.807, 2.05) is 35.0 Å². The summed E-state index contributed by atoms with van der Waals surface area (Å²) < 4.78 is 41.4. The number of nitrogens with zero attached hydrogens (tertiary/aromatic N) is 4. The van der Waals surface area contributed by atoms with E-state index >= 15 is 0 Å². The van der Waals surface area contributed by atoms with Crippen molar-refractivity contribution in [3.8, 4) is 5.69 Å². The molecule has 0 N–H and O–H groups in total. The van der Waals surface area contributed by atoms with Crippen molar-refractivity contribution in [3.05, 3.63) is 59.2 Å². The molecule has 0 amide bonds. The maximum absolute atomic E-state index is 12.8. The van der Waals surface area contributed by atoms with E-state index in [4.69, 9.17) is 0 Å². The van der Waals surface area contributed by atoms with Gasteiger partial charge in [0.15, 0.2) is 5.78 Å². The monoisotopic (exact) mass is 434 g/mol. The van der Waals surface area contributed by atoms with Crippen molar-refractivity contribution in [1.29, 1.82) is 0 Å². The van der Waals surface area contributed by atoms with Gasteiger partial charge in [-0.3, -0.25) is 4.79 Å². The molecule has 4 rings (SSSR count). The molecule has 0 spiro atoms. The SMILES string of the molecule is Cc1cc(C(=O)CSc2nc(C3CC3)n(-c3ccccc3)n2)c(C)n1CC(F)(F)F. The van der Waals surface area contributed by atoms with Crippen molar-refractivity contribution in [2.24, 2.45) is 0 Å². The van der Waals surface area contributed by atoms with Crippen LogP contribution in [0.25, 0.3) is 5.69 Å². The Morgan fingerprint density at radius 2 is 1.90 bits per heavy atom. The molecular weight excluding hydrogens is 413 g/mol. The average Bonchev–Trinajstić information content (AvgIpc) is 3.40.